The smallest absolute Gasteiger partial charge is 0.238 e. The van der Waals surface area contributed by atoms with Crippen LogP contribution in [0, 0.1) is 12.8 Å². The van der Waals surface area contributed by atoms with Gasteiger partial charge >= 0.3 is 0 Å². The Morgan fingerprint density at radius 1 is 1.23 bits per heavy atom. The fourth-order valence-electron chi connectivity index (χ4n) is 3.62. The largest absolute Gasteiger partial charge is 0.334 e. The molecule has 0 unspecified atom stereocenters. The van der Waals surface area contributed by atoms with Crippen molar-refractivity contribution in [2.24, 2.45) is 5.92 Å². The summed E-state index contributed by atoms with van der Waals surface area (Å²) in [6.07, 6.45) is 6.26. The van der Waals surface area contributed by atoms with E-state index in [1.807, 2.05) is 37.4 Å². The Bertz CT molecular complexity index is 712. The summed E-state index contributed by atoms with van der Waals surface area (Å²) in [6, 6.07) is 7.94. The van der Waals surface area contributed by atoms with Crippen molar-refractivity contribution in [2.75, 3.05) is 25.0 Å². The van der Waals surface area contributed by atoms with Crippen LogP contribution in [-0.2, 0) is 11.3 Å². The van der Waals surface area contributed by atoms with Gasteiger partial charge in [-0.15, -0.1) is 0 Å². The molecule has 1 amide bonds. The third kappa shape index (κ3) is 4.94. The first-order valence-electron chi connectivity index (χ1n) is 9.61. The molecule has 1 saturated heterocycles. The number of likely N-dealkylation sites (tertiary alicyclic amines) is 1. The molecule has 5 heteroatoms. The second-order valence-corrected chi connectivity index (χ2v) is 7.73. The number of aromatic nitrogens is 2. The number of hydrogen-bond acceptors (Lipinski definition) is 3. The Kier molecular flexibility index (Phi) is 6.09. The lowest BCUT2D eigenvalue weighted by molar-refractivity contribution is -0.117. The lowest BCUT2D eigenvalue weighted by atomic mass is 9.96. The van der Waals surface area contributed by atoms with Crippen LogP contribution in [0.4, 0.5) is 5.69 Å². The molecule has 0 spiro atoms. The topological polar surface area (TPSA) is 50.2 Å². The van der Waals surface area contributed by atoms with Gasteiger partial charge in [-0.25, -0.2) is 4.98 Å². The van der Waals surface area contributed by atoms with Gasteiger partial charge in [-0.05, 0) is 50.9 Å². The molecule has 0 aliphatic carbocycles. The molecular formula is C21H30N4O. The maximum absolute atomic E-state index is 12.3. The number of anilines is 1. The van der Waals surface area contributed by atoms with Gasteiger partial charge in [-0.1, -0.05) is 31.5 Å². The van der Waals surface area contributed by atoms with Crippen LogP contribution >= 0.6 is 0 Å². The van der Waals surface area contributed by atoms with E-state index in [2.05, 4.69) is 39.8 Å². The average Bonchev–Trinajstić information content (AvgIpc) is 3.07. The predicted octanol–water partition coefficient (Wildman–Crippen LogP) is 3.67. The highest BCUT2D eigenvalue weighted by molar-refractivity contribution is 5.92. The standard InChI is InChI=1S/C21H30N4O/c1-16(2)21-22-10-13-25(21)14-18-8-11-24(12-9-18)15-20(26)23-19-6-4-17(3)5-7-19/h4-7,10,13,16,18H,8-9,11-12,14-15H2,1-3H3,(H,23,26). The maximum atomic E-state index is 12.3. The summed E-state index contributed by atoms with van der Waals surface area (Å²) in [6.45, 7) is 9.90. The van der Waals surface area contributed by atoms with Crippen LogP contribution in [0.15, 0.2) is 36.7 Å². The van der Waals surface area contributed by atoms with E-state index < -0.39 is 0 Å². The minimum Gasteiger partial charge on any atom is -0.334 e. The molecule has 1 aromatic heterocycles. The van der Waals surface area contributed by atoms with E-state index in [-0.39, 0.29) is 5.91 Å². The van der Waals surface area contributed by atoms with Gasteiger partial charge in [-0.2, -0.15) is 0 Å². The molecule has 0 radical (unpaired) electrons. The molecule has 5 nitrogen and oxygen atoms in total. The number of nitrogens with one attached hydrogen (secondary N) is 1. The molecule has 0 atom stereocenters. The van der Waals surface area contributed by atoms with E-state index in [9.17, 15) is 4.79 Å². The second kappa shape index (κ2) is 8.49. The van der Waals surface area contributed by atoms with Gasteiger partial charge in [0, 0.05) is 30.5 Å². The van der Waals surface area contributed by atoms with Crippen LogP contribution in [0.3, 0.4) is 0 Å². The predicted molar refractivity (Wildman–Crippen MR) is 105 cm³/mol. The van der Waals surface area contributed by atoms with Crippen LogP contribution in [0.2, 0.25) is 0 Å². The van der Waals surface area contributed by atoms with E-state index >= 15 is 0 Å². The highest BCUT2D eigenvalue weighted by atomic mass is 16.2. The van der Waals surface area contributed by atoms with Gasteiger partial charge in [0.1, 0.15) is 5.82 Å². The van der Waals surface area contributed by atoms with Crippen molar-refractivity contribution >= 4 is 11.6 Å². The number of piperidine rings is 1. The Labute approximate surface area is 156 Å². The first-order chi connectivity index (χ1) is 12.5. The Morgan fingerprint density at radius 3 is 2.58 bits per heavy atom. The molecule has 0 bridgehead atoms. The van der Waals surface area contributed by atoms with Crippen LogP contribution < -0.4 is 5.32 Å². The zero-order valence-electron chi connectivity index (χ0n) is 16.1. The molecule has 1 aromatic carbocycles. The average molecular weight is 354 g/mol. The number of nitrogens with zero attached hydrogens (tertiary/aromatic N) is 3. The Hall–Kier alpha value is -2.14. The minimum atomic E-state index is 0.0732. The van der Waals surface area contributed by atoms with Crippen LogP contribution in [0.5, 0.6) is 0 Å². The number of aryl methyl sites for hydroxylation is 1. The minimum absolute atomic E-state index is 0.0732. The molecule has 2 heterocycles. The molecule has 1 aliphatic rings. The summed E-state index contributed by atoms with van der Waals surface area (Å²) in [5.41, 5.74) is 2.07. The molecule has 140 valence electrons. The lowest BCUT2D eigenvalue weighted by Crippen LogP contribution is -2.40. The maximum Gasteiger partial charge on any atom is 0.238 e. The van der Waals surface area contributed by atoms with Gasteiger partial charge in [0.25, 0.3) is 0 Å². The lowest BCUT2D eigenvalue weighted by Gasteiger charge is -2.32. The third-order valence-corrected chi connectivity index (χ3v) is 5.13. The number of rotatable bonds is 6. The number of benzene rings is 1. The zero-order chi connectivity index (χ0) is 18.5. The highest BCUT2D eigenvalue weighted by Crippen LogP contribution is 2.21. The quantitative estimate of drug-likeness (QED) is 0.861. The van der Waals surface area contributed by atoms with Crippen molar-refractivity contribution in [3.8, 4) is 0 Å². The first kappa shape index (κ1) is 18.6. The summed E-state index contributed by atoms with van der Waals surface area (Å²) >= 11 is 0. The Balaban J connectivity index is 1.44. The van der Waals surface area contributed by atoms with Crippen molar-refractivity contribution in [1.82, 2.24) is 14.5 Å². The van der Waals surface area contributed by atoms with Crippen molar-refractivity contribution < 1.29 is 4.79 Å². The van der Waals surface area contributed by atoms with Crippen LogP contribution in [0.25, 0.3) is 0 Å². The number of imidazole rings is 1. The summed E-state index contributed by atoms with van der Waals surface area (Å²) in [4.78, 5) is 19.0. The zero-order valence-corrected chi connectivity index (χ0v) is 16.1. The fraction of sp³-hybridized carbons (Fsp3) is 0.524. The van der Waals surface area contributed by atoms with Crippen LogP contribution in [0.1, 0.15) is 44.0 Å². The van der Waals surface area contributed by atoms with E-state index in [0.29, 0.717) is 18.4 Å². The van der Waals surface area contributed by atoms with Crippen LogP contribution in [-0.4, -0.2) is 40.0 Å². The molecule has 1 N–H and O–H groups in total. The summed E-state index contributed by atoms with van der Waals surface area (Å²) in [5.74, 6) is 2.36. The van der Waals surface area contributed by atoms with Gasteiger partial charge < -0.3 is 9.88 Å². The highest BCUT2D eigenvalue weighted by Gasteiger charge is 2.22. The molecule has 1 fully saturated rings. The van der Waals surface area contributed by atoms with Crippen molar-refractivity contribution in [3.05, 3.63) is 48.0 Å². The van der Waals surface area contributed by atoms with E-state index in [0.717, 1.165) is 38.2 Å². The fourth-order valence-corrected chi connectivity index (χ4v) is 3.62. The van der Waals surface area contributed by atoms with Gasteiger partial charge in [0.15, 0.2) is 0 Å². The first-order valence-corrected chi connectivity index (χ1v) is 9.61. The summed E-state index contributed by atoms with van der Waals surface area (Å²) in [7, 11) is 0. The number of hydrogen-bond donors (Lipinski definition) is 1. The molecule has 26 heavy (non-hydrogen) atoms. The molecule has 1 aliphatic heterocycles. The summed E-state index contributed by atoms with van der Waals surface area (Å²) < 4.78 is 2.30. The third-order valence-electron chi connectivity index (χ3n) is 5.13. The Morgan fingerprint density at radius 2 is 1.92 bits per heavy atom. The molecule has 0 saturated carbocycles. The monoisotopic (exact) mass is 354 g/mol. The van der Waals surface area contributed by atoms with Crippen molar-refractivity contribution in [3.63, 3.8) is 0 Å². The van der Waals surface area contributed by atoms with Crippen molar-refractivity contribution in [2.45, 2.75) is 46.1 Å². The number of amides is 1. The molecular weight excluding hydrogens is 324 g/mol. The SMILES string of the molecule is Cc1ccc(NC(=O)CN2CCC(Cn3ccnc3C(C)C)CC2)cc1. The van der Waals surface area contributed by atoms with Crippen molar-refractivity contribution in [1.29, 1.82) is 0 Å². The molecule has 3 rings (SSSR count). The van der Waals surface area contributed by atoms with Gasteiger partial charge in [-0.3, -0.25) is 9.69 Å². The second-order valence-electron chi connectivity index (χ2n) is 7.73. The van der Waals surface area contributed by atoms with Gasteiger partial charge in [0.05, 0.1) is 6.54 Å². The van der Waals surface area contributed by atoms with Gasteiger partial charge in [0.2, 0.25) is 5.91 Å². The van der Waals surface area contributed by atoms with E-state index in [4.69, 9.17) is 0 Å². The number of carbonyl (C=O) groups is 1. The number of carbonyl (C=O) groups excluding carboxylic acids is 1. The van der Waals surface area contributed by atoms with E-state index in [1.165, 1.54) is 11.4 Å². The van der Waals surface area contributed by atoms with E-state index in [1.54, 1.807) is 0 Å². The summed E-state index contributed by atoms with van der Waals surface area (Å²) in [5, 5.41) is 2.99. The molecule has 2 aromatic rings. The normalized spacial score (nSPS) is 16.2.